The summed E-state index contributed by atoms with van der Waals surface area (Å²) in [6.45, 7) is 1.16. The van der Waals surface area contributed by atoms with Crippen LogP contribution in [0.2, 0.25) is 0 Å². The summed E-state index contributed by atoms with van der Waals surface area (Å²) in [5, 5.41) is 4.75. The predicted octanol–water partition coefficient (Wildman–Crippen LogP) is 2.56. The smallest absolute Gasteiger partial charge is 0.225 e. The monoisotopic (exact) mass is 370 g/mol. The molecular formula is C17H26N2O3S2. The molecule has 0 saturated carbocycles. The first kappa shape index (κ1) is 19.1. The van der Waals surface area contributed by atoms with Crippen molar-refractivity contribution in [1.29, 1.82) is 0 Å². The van der Waals surface area contributed by atoms with E-state index in [4.69, 9.17) is 0 Å². The highest BCUT2D eigenvalue weighted by Crippen LogP contribution is 2.20. The minimum Gasteiger partial charge on any atom is -0.354 e. The van der Waals surface area contributed by atoms with E-state index in [0.29, 0.717) is 26.1 Å². The van der Waals surface area contributed by atoms with E-state index in [1.54, 1.807) is 11.3 Å². The largest absolute Gasteiger partial charge is 0.354 e. The van der Waals surface area contributed by atoms with Crippen molar-refractivity contribution in [2.45, 2.75) is 38.5 Å². The summed E-state index contributed by atoms with van der Waals surface area (Å²) < 4.78 is 25.3. The zero-order chi connectivity index (χ0) is 17.4. The Labute approximate surface area is 148 Å². The van der Waals surface area contributed by atoms with Crippen molar-refractivity contribution in [3.8, 4) is 0 Å². The molecule has 0 radical (unpaired) electrons. The Hall–Kier alpha value is -1.18. The van der Waals surface area contributed by atoms with E-state index in [0.717, 1.165) is 24.1 Å². The molecule has 5 nitrogen and oxygen atoms in total. The lowest BCUT2D eigenvalue weighted by atomic mass is 9.97. The third kappa shape index (κ3) is 6.75. The van der Waals surface area contributed by atoms with Crippen LogP contribution in [0.5, 0.6) is 0 Å². The average molecular weight is 371 g/mol. The first-order valence-corrected chi connectivity index (χ1v) is 11.1. The van der Waals surface area contributed by atoms with Gasteiger partial charge in [0.05, 0.1) is 12.7 Å². The SMILES string of the molecule is CS(=O)(=O)N(CCNC(=O)Cc1cccs1)CCC1=CCCCC1. The van der Waals surface area contributed by atoms with E-state index < -0.39 is 10.0 Å². The number of sulfonamides is 1. The van der Waals surface area contributed by atoms with Crippen molar-refractivity contribution in [2.24, 2.45) is 0 Å². The first-order chi connectivity index (χ1) is 11.4. The molecule has 1 heterocycles. The Kier molecular flexibility index (Phi) is 7.45. The van der Waals surface area contributed by atoms with Crippen molar-refractivity contribution in [2.75, 3.05) is 25.9 Å². The van der Waals surface area contributed by atoms with Gasteiger partial charge in [0.25, 0.3) is 0 Å². The number of carbonyl (C=O) groups excluding carboxylic acids is 1. The topological polar surface area (TPSA) is 66.5 Å². The van der Waals surface area contributed by atoms with Crippen LogP contribution in [0.3, 0.4) is 0 Å². The fourth-order valence-corrected chi connectivity index (χ4v) is 4.35. The third-order valence-electron chi connectivity index (χ3n) is 4.13. The number of nitrogens with one attached hydrogen (secondary N) is 1. The van der Waals surface area contributed by atoms with E-state index in [1.165, 1.54) is 29.0 Å². The summed E-state index contributed by atoms with van der Waals surface area (Å²) >= 11 is 1.55. The molecule has 1 amide bonds. The van der Waals surface area contributed by atoms with Gasteiger partial charge in [0, 0.05) is 24.5 Å². The quantitative estimate of drug-likeness (QED) is 0.680. The fourth-order valence-electron chi connectivity index (χ4n) is 2.80. The molecule has 1 N–H and O–H groups in total. The summed E-state index contributed by atoms with van der Waals surface area (Å²) in [4.78, 5) is 12.9. The molecule has 0 fully saturated rings. The second-order valence-electron chi connectivity index (χ2n) is 6.13. The van der Waals surface area contributed by atoms with Gasteiger partial charge in [-0.1, -0.05) is 17.7 Å². The molecule has 7 heteroatoms. The molecule has 0 unspecified atom stereocenters. The first-order valence-electron chi connectivity index (χ1n) is 8.37. The molecule has 24 heavy (non-hydrogen) atoms. The third-order valence-corrected chi connectivity index (χ3v) is 6.31. The van der Waals surface area contributed by atoms with Crippen molar-refractivity contribution in [1.82, 2.24) is 9.62 Å². The molecule has 0 atom stereocenters. The second-order valence-corrected chi connectivity index (χ2v) is 9.14. The van der Waals surface area contributed by atoms with Crippen LogP contribution in [0.1, 0.15) is 37.0 Å². The molecule has 1 aliphatic carbocycles. The lowest BCUT2D eigenvalue weighted by Gasteiger charge is -2.22. The van der Waals surface area contributed by atoms with Gasteiger partial charge in [0.15, 0.2) is 0 Å². The highest BCUT2D eigenvalue weighted by Gasteiger charge is 2.17. The Morgan fingerprint density at radius 3 is 2.79 bits per heavy atom. The maximum absolute atomic E-state index is 11.9. The van der Waals surface area contributed by atoms with Crippen molar-refractivity contribution in [3.05, 3.63) is 34.0 Å². The molecule has 0 saturated heterocycles. The maximum atomic E-state index is 11.9. The van der Waals surface area contributed by atoms with Gasteiger partial charge in [-0.25, -0.2) is 12.7 Å². The summed E-state index contributed by atoms with van der Waals surface area (Å²) in [6.07, 6.45) is 9.23. The van der Waals surface area contributed by atoms with Gasteiger partial charge >= 0.3 is 0 Å². The van der Waals surface area contributed by atoms with E-state index in [-0.39, 0.29) is 5.91 Å². The molecular weight excluding hydrogens is 344 g/mol. The van der Waals surface area contributed by atoms with Gasteiger partial charge in [0.2, 0.25) is 15.9 Å². The van der Waals surface area contributed by atoms with E-state index in [9.17, 15) is 13.2 Å². The van der Waals surface area contributed by atoms with Crippen LogP contribution in [0, 0.1) is 0 Å². The molecule has 0 aliphatic heterocycles. The Morgan fingerprint density at radius 2 is 2.17 bits per heavy atom. The van der Waals surface area contributed by atoms with Crippen LogP contribution < -0.4 is 5.32 Å². The van der Waals surface area contributed by atoms with Crippen molar-refractivity contribution >= 4 is 27.3 Å². The van der Waals surface area contributed by atoms with E-state index >= 15 is 0 Å². The highest BCUT2D eigenvalue weighted by molar-refractivity contribution is 7.88. The van der Waals surface area contributed by atoms with Gasteiger partial charge in [0.1, 0.15) is 0 Å². The summed E-state index contributed by atoms with van der Waals surface area (Å²) in [6, 6.07) is 3.84. The minimum absolute atomic E-state index is 0.0686. The molecule has 0 aromatic carbocycles. The molecule has 0 spiro atoms. The summed E-state index contributed by atoms with van der Waals surface area (Å²) in [7, 11) is -3.26. The number of nitrogens with zero attached hydrogens (tertiary/aromatic N) is 1. The average Bonchev–Trinajstić information content (AvgIpc) is 3.03. The molecule has 1 aromatic heterocycles. The van der Waals surface area contributed by atoms with Crippen LogP contribution in [-0.4, -0.2) is 44.5 Å². The Bertz CT molecular complexity index is 651. The number of amides is 1. The molecule has 1 aliphatic rings. The number of hydrogen-bond donors (Lipinski definition) is 1. The Balaban J connectivity index is 1.76. The van der Waals surface area contributed by atoms with Crippen LogP contribution in [0.4, 0.5) is 0 Å². The van der Waals surface area contributed by atoms with Crippen LogP contribution in [0.25, 0.3) is 0 Å². The van der Waals surface area contributed by atoms with Crippen LogP contribution in [0.15, 0.2) is 29.2 Å². The van der Waals surface area contributed by atoms with Crippen LogP contribution >= 0.6 is 11.3 Å². The zero-order valence-corrected chi connectivity index (χ0v) is 15.8. The minimum atomic E-state index is -3.26. The van der Waals surface area contributed by atoms with Crippen molar-refractivity contribution < 1.29 is 13.2 Å². The van der Waals surface area contributed by atoms with Crippen molar-refractivity contribution in [3.63, 3.8) is 0 Å². The molecule has 1 aromatic rings. The normalized spacial score (nSPS) is 15.3. The molecule has 134 valence electrons. The van der Waals surface area contributed by atoms with Gasteiger partial charge in [-0.05, 0) is 43.6 Å². The van der Waals surface area contributed by atoms with E-state index in [1.807, 2.05) is 17.5 Å². The van der Waals surface area contributed by atoms with Gasteiger partial charge in [-0.2, -0.15) is 0 Å². The zero-order valence-electron chi connectivity index (χ0n) is 14.2. The van der Waals surface area contributed by atoms with Gasteiger partial charge in [-0.3, -0.25) is 4.79 Å². The summed E-state index contributed by atoms with van der Waals surface area (Å²) in [5.41, 5.74) is 1.36. The van der Waals surface area contributed by atoms with Gasteiger partial charge < -0.3 is 5.32 Å². The molecule has 0 bridgehead atoms. The van der Waals surface area contributed by atoms with E-state index in [2.05, 4.69) is 11.4 Å². The lowest BCUT2D eigenvalue weighted by Crippen LogP contribution is -2.39. The maximum Gasteiger partial charge on any atom is 0.225 e. The highest BCUT2D eigenvalue weighted by atomic mass is 32.2. The number of carbonyl (C=O) groups is 1. The van der Waals surface area contributed by atoms with Crippen LogP contribution in [-0.2, 0) is 21.2 Å². The second kappa shape index (κ2) is 9.34. The number of thiophene rings is 1. The van der Waals surface area contributed by atoms with Gasteiger partial charge in [-0.15, -0.1) is 11.3 Å². The lowest BCUT2D eigenvalue weighted by molar-refractivity contribution is -0.120. The number of rotatable bonds is 9. The number of allylic oxidation sites excluding steroid dienone is 1. The Morgan fingerprint density at radius 1 is 1.33 bits per heavy atom. The standard InChI is InChI=1S/C17H26N2O3S2/c1-24(21,22)19(11-9-15-6-3-2-4-7-15)12-10-18-17(20)14-16-8-5-13-23-16/h5-6,8,13H,2-4,7,9-12,14H2,1H3,(H,18,20). The molecule has 2 rings (SSSR count). The number of hydrogen-bond acceptors (Lipinski definition) is 4. The predicted molar refractivity (Wildman–Crippen MR) is 98.6 cm³/mol. The fraction of sp³-hybridized carbons (Fsp3) is 0.588. The summed E-state index contributed by atoms with van der Waals surface area (Å²) in [5.74, 6) is -0.0686.